The third-order valence-corrected chi connectivity index (χ3v) is 5.16. The highest BCUT2D eigenvalue weighted by atomic mass is 32.2. The second-order valence-corrected chi connectivity index (χ2v) is 6.82. The van der Waals surface area contributed by atoms with Crippen LogP contribution in [0.15, 0.2) is 0 Å². The van der Waals surface area contributed by atoms with E-state index in [1.165, 1.54) is 0 Å². The number of ether oxygens (including phenoxy) is 1. The molecule has 2 N–H and O–H groups in total. The summed E-state index contributed by atoms with van der Waals surface area (Å²) >= 11 is 0. The fourth-order valence-electron chi connectivity index (χ4n) is 1.88. The fraction of sp³-hybridized carbons (Fsp3) is 1.00. The van der Waals surface area contributed by atoms with Crippen molar-refractivity contribution in [3.05, 3.63) is 0 Å². The first-order chi connectivity index (χ1) is 7.97. The second kappa shape index (κ2) is 6.68. The Bertz CT molecular complexity index is 313. The van der Waals surface area contributed by atoms with Crippen LogP contribution in [0.3, 0.4) is 0 Å². The molecule has 0 saturated carbocycles. The number of nitrogens with one attached hydrogen (secondary N) is 2. The first-order valence-electron chi connectivity index (χ1n) is 6.27. The number of sulfonamides is 1. The van der Waals surface area contributed by atoms with Gasteiger partial charge in [0.2, 0.25) is 10.0 Å². The van der Waals surface area contributed by atoms with Crippen molar-refractivity contribution in [2.45, 2.75) is 38.5 Å². The third-order valence-electron chi connectivity index (χ3n) is 3.23. The van der Waals surface area contributed by atoms with Gasteiger partial charge in [0.05, 0.1) is 11.9 Å². The molecule has 1 saturated heterocycles. The van der Waals surface area contributed by atoms with E-state index in [2.05, 4.69) is 10.0 Å². The molecule has 5 nitrogen and oxygen atoms in total. The molecule has 0 radical (unpaired) electrons. The van der Waals surface area contributed by atoms with E-state index >= 15 is 0 Å². The normalized spacial score (nSPS) is 24.8. The average molecular weight is 264 g/mol. The standard InChI is InChI=1S/C11H24N2O3S/c1-4-12-7-9(2)17(14,15)13-10(3)11-5-6-16-8-11/h9-13H,4-8H2,1-3H3. The van der Waals surface area contributed by atoms with E-state index in [4.69, 9.17) is 4.74 Å². The summed E-state index contributed by atoms with van der Waals surface area (Å²) in [5, 5.41) is 2.64. The smallest absolute Gasteiger partial charge is 0.215 e. The highest BCUT2D eigenvalue weighted by Gasteiger charge is 2.28. The molecule has 0 aliphatic carbocycles. The van der Waals surface area contributed by atoms with E-state index in [-0.39, 0.29) is 6.04 Å². The Balaban J connectivity index is 2.46. The van der Waals surface area contributed by atoms with Gasteiger partial charge in [-0.2, -0.15) is 0 Å². The predicted octanol–water partition coefficient (Wildman–Crippen LogP) is 0.329. The van der Waals surface area contributed by atoms with Crippen LogP contribution in [0.5, 0.6) is 0 Å². The zero-order valence-corrected chi connectivity index (χ0v) is 11.7. The number of hydrogen-bond acceptors (Lipinski definition) is 4. The van der Waals surface area contributed by atoms with Gasteiger partial charge in [0, 0.05) is 25.1 Å². The van der Waals surface area contributed by atoms with Crippen LogP contribution in [-0.2, 0) is 14.8 Å². The zero-order chi connectivity index (χ0) is 12.9. The molecule has 3 atom stereocenters. The third kappa shape index (κ3) is 4.54. The maximum atomic E-state index is 12.0. The van der Waals surface area contributed by atoms with Crippen LogP contribution in [0.25, 0.3) is 0 Å². The van der Waals surface area contributed by atoms with Gasteiger partial charge in [-0.15, -0.1) is 0 Å². The number of hydrogen-bond donors (Lipinski definition) is 2. The molecular formula is C11H24N2O3S. The largest absolute Gasteiger partial charge is 0.381 e. The van der Waals surface area contributed by atoms with Gasteiger partial charge in [0.15, 0.2) is 0 Å². The van der Waals surface area contributed by atoms with Crippen LogP contribution in [-0.4, -0.2) is 46.0 Å². The molecule has 0 aromatic carbocycles. The van der Waals surface area contributed by atoms with Gasteiger partial charge in [0.1, 0.15) is 0 Å². The van der Waals surface area contributed by atoms with Crippen LogP contribution >= 0.6 is 0 Å². The minimum Gasteiger partial charge on any atom is -0.381 e. The summed E-state index contributed by atoms with van der Waals surface area (Å²) in [6.07, 6.45) is 0.936. The second-order valence-electron chi connectivity index (χ2n) is 4.69. The molecule has 0 amide bonds. The maximum absolute atomic E-state index is 12.0. The maximum Gasteiger partial charge on any atom is 0.215 e. The van der Waals surface area contributed by atoms with Crippen molar-refractivity contribution in [1.29, 1.82) is 0 Å². The molecule has 0 aromatic rings. The molecule has 1 aliphatic rings. The highest BCUT2D eigenvalue weighted by molar-refractivity contribution is 7.90. The van der Waals surface area contributed by atoms with Crippen molar-refractivity contribution >= 4 is 10.0 Å². The topological polar surface area (TPSA) is 67.4 Å². The minimum absolute atomic E-state index is 0.0495. The summed E-state index contributed by atoms with van der Waals surface area (Å²) in [6, 6.07) is -0.0495. The van der Waals surface area contributed by atoms with Crippen molar-refractivity contribution in [3.8, 4) is 0 Å². The molecule has 1 aliphatic heterocycles. The molecular weight excluding hydrogens is 240 g/mol. The molecule has 6 heteroatoms. The molecule has 1 heterocycles. The average Bonchev–Trinajstić information content (AvgIpc) is 2.78. The minimum atomic E-state index is -3.24. The monoisotopic (exact) mass is 264 g/mol. The first kappa shape index (κ1) is 14.9. The van der Waals surface area contributed by atoms with Gasteiger partial charge in [-0.25, -0.2) is 13.1 Å². The van der Waals surface area contributed by atoms with Crippen LogP contribution in [0.4, 0.5) is 0 Å². The summed E-state index contributed by atoms with van der Waals surface area (Å²) in [6.45, 7) is 8.27. The lowest BCUT2D eigenvalue weighted by Crippen LogP contribution is -2.45. The highest BCUT2D eigenvalue weighted by Crippen LogP contribution is 2.17. The zero-order valence-electron chi connectivity index (χ0n) is 10.9. The van der Waals surface area contributed by atoms with Gasteiger partial charge < -0.3 is 10.1 Å². The van der Waals surface area contributed by atoms with Crippen molar-refractivity contribution in [1.82, 2.24) is 10.0 Å². The molecule has 0 aromatic heterocycles. The quantitative estimate of drug-likeness (QED) is 0.695. The van der Waals surface area contributed by atoms with Crippen molar-refractivity contribution < 1.29 is 13.2 Å². The lowest BCUT2D eigenvalue weighted by molar-refractivity contribution is 0.180. The first-order valence-corrected chi connectivity index (χ1v) is 7.81. The van der Waals surface area contributed by atoms with E-state index in [0.29, 0.717) is 19.1 Å². The van der Waals surface area contributed by atoms with Gasteiger partial charge in [-0.1, -0.05) is 6.92 Å². The Morgan fingerprint density at radius 3 is 2.65 bits per heavy atom. The predicted molar refractivity (Wildman–Crippen MR) is 68.4 cm³/mol. The van der Waals surface area contributed by atoms with Crippen LogP contribution in [0.1, 0.15) is 27.2 Å². The van der Waals surface area contributed by atoms with E-state index in [1.807, 2.05) is 13.8 Å². The Hall–Kier alpha value is -0.170. The Morgan fingerprint density at radius 1 is 1.41 bits per heavy atom. The van der Waals surface area contributed by atoms with Gasteiger partial charge in [-0.3, -0.25) is 0 Å². The molecule has 3 unspecified atom stereocenters. The van der Waals surface area contributed by atoms with E-state index < -0.39 is 15.3 Å². The summed E-state index contributed by atoms with van der Waals surface area (Å²) < 4.78 is 32.1. The van der Waals surface area contributed by atoms with Gasteiger partial charge in [-0.05, 0) is 26.8 Å². The van der Waals surface area contributed by atoms with Crippen molar-refractivity contribution in [2.75, 3.05) is 26.3 Å². The molecule has 102 valence electrons. The van der Waals surface area contributed by atoms with E-state index in [0.717, 1.165) is 19.6 Å². The van der Waals surface area contributed by atoms with Crippen molar-refractivity contribution in [2.24, 2.45) is 5.92 Å². The van der Waals surface area contributed by atoms with Crippen LogP contribution < -0.4 is 10.0 Å². The molecule has 1 fully saturated rings. The Morgan fingerprint density at radius 2 is 2.12 bits per heavy atom. The fourth-order valence-corrected chi connectivity index (χ4v) is 3.16. The van der Waals surface area contributed by atoms with Crippen molar-refractivity contribution in [3.63, 3.8) is 0 Å². The van der Waals surface area contributed by atoms with E-state index in [9.17, 15) is 8.42 Å². The molecule has 0 spiro atoms. The van der Waals surface area contributed by atoms with Crippen LogP contribution in [0, 0.1) is 5.92 Å². The Labute approximate surface area is 104 Å². The summed E-state index contributed by atoms with van der Waals surface area (Å²) in [5.41, 5.74) is 0. The molecule has 1 rings (SSSR count). The summed E-state index contributed by atoms with van der Waals surface area (Å²) in [4.78, 5) is 0. The number of rotatable bonds is 7. The summed E-state index contributed by atoms with van der Waals surface area (Å²) in [7, 11) is -3.24. The van der Waals surface area contributed by atoms with Gasteiger partial charge in [0.25, 0.3) is 0 Å². The lowest BCUT2D eigenvalue weighted by Gasteiger charge is -2.22. The lowest BCUT2D eigenvalue weighted by atomic mass is 10.0. The SMILES string of the molecule is CCNCC(C)S(=O)(=O)NC(C)C1CCOC1. The van der Waals surface area contributed by atoms with Crippen LogP contribution in [0.2, 0.25) is 0 Å². The molecule has 0 bridgehead atoms. The molecule has 17 heavy (non-hydrogen) atoms. The van der Waals surface area contributed by atoms with Gasteiger partial charge >= 0.3 is 0 Å². The summed E-state index contributed by atoms with van der Waals surface area (Å²) in [5.74, 6) is 0.302. The Kier molecular flexibility index (Phi) is 5.85. The van der Waals surface area contributed by atoms with E-state index in [1.54, 1.807) is 6.92 Å².